The van der Waals surface area contributed by atoms with Gasteiger partial charge in [0.05, 0.1) is 5.69 Å². The van der Waals surface area contributed by atoms with Gasteiger partial charge in [-0.3, -0.25) is 4.98 Å². The quantitative estimate of drug-likeness (QED) is 0.883. The highest BCUT2D eigenvalue weighted by molar-refractivity contribution is 5.62. The van der Waals surface area contributed by atoms with Crippen LogP contribution in [0.15, 0.2) is 42.6 Å². The fourth-order valence-corrected chi connectivity index (χ4v) is 1.94. The highest BCUT2D eigenvalue weighted by Crippen LogP contribution is 2.22. The Hall–Kier alpha value is -1.67. The minimum Gasteiger partial charge on any atom is -0.314 e. The predicted molar refractivity (Wildman–Crippen MR) is 76.5 cm³/mol. The van der Waals surface area contributed by atoms with E-state index in [1.54, 1.807) is 0 Å². The number of hydrogen-bond acceptors (Lipinski definition) is 2. The van der Waals surface area contributed by atoms with Crippen LogP contribution in [0.5, 0.6) is 0 Å². The topological polar surface area (TPSA) is 24.9 Å². The monoisotopic (exact) mass is 240 g/mol. The fourth-order valence-electron chi connectivity index (χ4n) is 1.94. The van der Waals surface area contributed by atoms with E-state index in [1.165, 1.54) is 16.7 Å². The number of nitrogens with zero attached hydrogens (tertiary/aromatic N) is 1. The van der Waals surface area contributed by atoms with Gasteiger partial charge in [0.25, 0.3) is 0 Å². The highest BCUT2D eigenvalue weighted by Gasteiger charge is 2.01. The third-order valence-corrected chi connectivity index (χ3v) is 3.09. The van der Waals surface area contributed by atoms with Gasteiger partial charge in [-0.25, -0.2) is 0 Å². The second-order valence-electron chi connectivity index (χ2n) is 4.85. The van der Waals surface area contributed by atoms with Crippen molar-refractivity contribution in [3.8, 4) is 11.1 Å². The van der Waals surface area contributed by atoms with Crippen LogP contribution >= 0.6 is 0 Å². The van der Waals surface area contributed by atoms with Crippen LogP contribution in [0.1, 0.15) is 31.0 Å². The van der Waals surface area contributed by atoms with Crippen molar-refractivity contribution in [2.24, 2.45) is 0 Å². The lowest BCUT2D eigenvalue weighted by molar-refractivity contribution is 0.791. The fraction of sp³-hybridized carbons (Fsp3) is 0.312. The maximum atomic E-state index is 4.44. The standard InChI is InChI=1S/C16H20N2/c1-12(2)13-4-6-14(7-5-13)15-8-9-16(11-17-3)18-10-15/h4-10,12,17H,11H2,1-3H3. The maximum Gasteiger partial charge on any atom is 0.0542 e. The van der Waals surface area contributed by atoms with E-state index in [4.69, 9.17) is 0 Å². The normalized spacial score (nSPS) is 10.9. The summed E-state index contributed by atoms with van der Waals surface area (Å²) in [6.45, 7) is 5.23. The SMILES string of the molecule is CNCc1ccc(-c2ccc(C(C)C)cc2)cn1. The molecule has 0 aliphatic rings. The Kier molecular flexibility index (Phi) is 4.11. The van der Waals surface area contributed by atoms with Crippen molar-refractivity contribution < 1.29 is 0 Å². The van der Waals surface area contributed by atoms with Crippen LogP contribution in [0.3, 0.4) is 0 Å². The van der Waals surface area contributed by atoms with Gasteiger partial charge >= 0.3 is 0 Å². The molecule has 18 heavy (non-hydrogen) atoms. The molecule has 0 aliphatic heterocycles. The lowest BCUT2D eigenvalue weighted by Gasteiger charge is -2.07. The third-order valence-electron chi connectivity index (χ3n) is 3.09. The lowest BCUT2D eigenvalue weighted by Crippen LogP contribution is -2.06. The van der Waals surface area contributed by atoms with Crippen LogP contribution in [0.2, 0.25) is 0 Å². The molecule has 0 amide bonds. The molecule has 1 N–H and O–H groups in total. The molecule has 1 heterocycles. The van der Waals surface area contributed by atoms with E-state index in [2.05, 4.69) is 60.5 Å². The van der Waals surface area contributed by atoms with Crippen molar-refractivity contribution in [3.63, 3.8) is 0 Å². The van der Waals surface area contributed by atoms with Gasteiger partial charge in [-0.05, 0) is 30.2 Å². The molecule has 0 aliphatic carbocycles. The zero-order valence-electron chi connectivity index (χ0n) is 11.3. The minimum atomic E-state index is 0.579. The molecule has 0 saturated heterocycles. The van der Waals surface area contributed by atoms with Gasteiger partial charge in [0.15, 0.2) is 0 Å². The lowest BCUT2D eigenvalue weighted by atomic mass is 9.99. The Bertz CT molecular complexity index is 484. The summed E-state index contributed by atoms with van der Waals surface area (Å²) in [5.41, 5.74) is 4.84. The number of pyridine rings is 1. The third kappa shape index (κ3) is 2.96. The minimum absolute atomic E-state index is 0.579. The molecule has 1 aromatic heterocycles. The van der Waals surface area contributed by atoms with Crippen molar-refractivity contribution in [3.05, 3.63) is 53.9 Å². The van der Waals surface area contributed by atoms with E-state index in [-0.39, 0.29) is 0 Å². The number of benzene rings is 1. The molecule has 2 heteroatoms. The Morgan fingerprint density at radius 1 is 1.00 bits per heavy atom. The van der Waals surface area contributed by atoms with Gasteiger partial charge in [-0.1, -0.05) is 44.2 Å². The molecule has 94 valence electrons. The Balaban J connectivity index is 2.20. The molecule has 2 nitrogen and oxygen atoms in total. The van der Waals surface area contributed by atoms with Crippen molar-refractivity contribution >= 4 is 0 Å². The second-order valence-corrected chi connectivity index (χ2v) is 4.85. The van der Waals surface area contributed by atoms with E-state index in [0.717, 1.165) is 12.2 Å². The van der Waals surface area contributed by atoms with E-state index >= 15 is 0 Å². The molecule has 0 radical (unpaired) electrons. The summed E-state index contributed by atoms with van der Waals surface area (Å²) in [6.07, 6.45) is 1.94. The number of hydrogen-bond donors (Lipinski definition) is 1. The van der Waals surface area contributed by atoms with E-state index in [1.807, 2.05) is 13.2 Å². The maximum absolute atomic E-state index is 4.44. The van der Waals surface area contributed by atoms with Crippen molar-refractivity contribution in [2.45, 2.75) is 26.3 Å². The van der Waals surface area contributed by atoms with Crippen LogP contribution in [-0.2, 0) is 6.54 Å². The van der Waals surface area contributed by atoms with Crippen LogP contribution in [0.4, 0.5) is 0 Å². The summed E-state index contributed by atoms with van der Waals surface area (Å²) in [7, 11) is 1.93. The molecular weight excluding hydrogens is 220 g/mol. The molecule has 0 fully saturated rings. The number of nitrogens with one attached hydrogen (secondary N) is 1. The molecule has 2 aromatic rings. The Labute approximate surface area is 109 Å². The second kappa shape index (κ2) is 5.78. The first kappa shape index (κ1) is 12.8. The van der Waals surface area contributed by atoms with E-state index in [9.17, 15) is 0 Å². The van der Waals surface area contributed by atoms with Gasteiger partial charge < -0.3 is 5.32 Å². The molecule has 0 spiro atoms. The summed E-state index contributed by atoms with van der Waals surface area (Å²) >= 11 is 0. The van der Waals surface area contributed by atoms with Crippen molar-refractivity contribution in [1.29, 1.82) is 0 Å². The first-order valence-corrected chi connectivity index (χ1v) is 6.40. The Morgan fingerprint density at radius 3 is 2.17 bits per heavy atom. The van der Waals surface area contributed by atoms with Gasteiger partial charge in [-0.2, -0.15) is 0 Å². The van der Waals surface area contributed by atoms with Gasteiger partial charge in [0.2, 0.25) is 0 Å². The molecule has 0 saturated carbocycles. The molecular formula is C16H20N2. The molecule has 0 bridgehead atoms. The van der Waals surface area contributed by atoms with Crippen LogP contribution in [0, 0.1) is 0 Å². The largest absolute Gasteiger partial charge is 0.314 e. The highest BCUT2D eigenvalue weighted by atomic mass is 14.8. The van der Waals surface area contributed by atoms with Crippen molar-refractivity contribution in [1.82, 2.24) is 10.3 Å². The zero-order valence-corrected chi connectivity index (χ0v) is 11.3. The van der Waals surface area contributed by atoms with E-state index in [0.29, 0.717) is 5.92 Å². The van der Waals surface area contributed by atoms with Crippen molar-refractivity contribution in [2.75, 3.05) is 7.05 Å². The summed E-state index contributed by atoms with van der Waals surface area (Å²) in [6, 6.07) is 12.9. The smallest absolute Gasteiger partial charge is 0.0542 e. The predicted octanol–water partition coefficient (Wildman–Crippen LogP) is 3.59. The van der Waals surface area contributed by atoms with Crippen LogP contribution in [-0.4, -0.2) is 12.0 Å². The average molecular weight is 240 g/mol. The van der Waals surface area contributed by atoms with E-state index < -0.39 is 0 Å². The summed E-state index contributed by atoms with van der Waals surface area (Å²) < 4.78 is 0. The number of aromatic nitrogens is 1. The average Bonchev–Trinajstić information content (AvgIpc) is 2.40. The summed E-state index contributed by atoms with van der Waals surface area (Å²) in [5.74, 6) is 0.579. The molecule has 2 rings (SSSR count). The summed E-state index contributed by atoms with van der Waals surface area (Å²) in [5, 5.41) is 3.10. The molecule has 0 unspecified atom stereocenters. The Morgan fingerprint density at radius 2 is 1.67 bits per heavy atom. The van der Waals surface area contributed by atoms with Gasteiger partial charge in [-0.15, -0.1) is 0 Å². The van der Waals surface area contributed by atoms with Gasteiger partial charge in [0.1, 0.15) is 0 Å². The zero-order chi connectivity index (χ0) is 13.0. The van der Waals surface area contributed by atoms with Gasteiger partial charge in [0, 0.05) is 18.3 Å². The molecule has 0 atom stereocenters. The first-order chi connectivity index (χ1) is 8.70. The molecule has 1 aromatic carbocycles. The van der Waals surface area contributed by atoms with Crippen LogP contribution < -0.4 is 5.32 Å². The summed E-state index contributed by atoms with van der Waals surface area (Å²) in [4.78, 5) is 4.44. The number of rotatable bonds is 4. The first-order valence-electron chi connectivity index (χ1n) is 6.40. The van der Waals surface area contributed by atoms with Crippen LogP contribution in [0.25, 0.3) is 11.1 Å².